The molecule has 2 heterocycles. The van der Waals surface area contributed by atoms with E-state index in [0.29, 0.717) is 0 Å². The average Bonchev–Trinajstić information content (AvgIpc) is 3.39. The van der Waals surface area contributed by atoms with Crippen LogP contribution in [0.1, 0.15) is 181 Å². The van der Waals surface area contributed by atoms with Gasteiger partial charge in [0.2, 0.25) is 0 Å². The zero-order valence-corrected chi connectivity index (χ0v) is 44.1. The van der Waals surface area contributed by atoms with Crippen LogP contribution in [0.2, 0.25) is 0 Å². The van der Waals surface area contributed by atoms with Gasteiger partial charge in [0.25, 0.3) is 6.71 Å². The topological polar surface area (TPSA) is 6.48 Å². The van der Waals surface area contributed by atoms with Crippen molar-refractivity contribution in [3.8, 4) is 0 Å². The SMILES string of the molecule is Cc1cc2c3c(c1)N(c1ccc(C(C)(C)C)cc1C(C)(C)c1ccc(C(C)(C)C)cc1)c1cc4c(cc1B3c1cc(C(C)(C)C)ccc1N2c1ccc(C(C)(C)C)cc1)C(C)(C)CC4(C)C. The van der Waals surface area contributed by atoms with Gasteiger partial charge in [-0.15, -0.1) is 0 Å². The van der Waals surface area contributed by atoms with Crippen molar-refractivity contribution in [3.63, 3.8) is 0 Å². The fourth-order valence-corrected chi connectivity index (χ4v) is 12.0. The Hall–Kier alpha value is -5.02. The van der Waals surface area contributed by atoms with Gasteiger partial charge in [0.05, 0.1) is 5.69 Å². The third-order valence-electron chi connectivity index (χ3n) is 15.8. The molecular formula is C63H77BN2. The summed E-state index contributed by atoms with van der Waals surface area (Å²) in [6, 6.07) is 44.0. The van der Waals surface area contributed by atoms with E-state index < -0.39 is 0 Å². The van der Waals surface area contributed by atoms with E-state index in [-0.39, 0.29) is 44.6 Å². The van der Waals surface area contributed by atoms with E-state index in [1.165, 1.54) is 101 Å². The molecule has 1 aliphatic carbocycles. The number of aryl methyl sites for hydroxylation is 1. The van der Waals surface area contributed by atoms with E-state index in [0.717, 1.165) is 6.42 Å². The summed E-state index contributed by atoms with van der Waals surface area (Å²) in [5.41, 5.74) is 24.0. The molecule has 0 N–H and O–H groups in total. The van der Waals surface area contributed by atoms with E-state index in [9.17, 15) is 0 Å². The summed E-state index contributed by atoms with van der Waals surface area (Å²) in [4.78, 5) is 5.30. The summed E-state index contributed by atoms with van der Waals surface area (Å²) in [6.45, 7) is 45.1. The van der Waals surface area contributed by atoms with Gasteiger partial charge in [-0.1, -0.05) is 191 Å². The molecule has 342 valence electrons. The quantitative estimate of drug-likeness (QED) is 0.163. The van der Waals surface area contributed by atoms with Crippen LogP contribution in [0.3, 0.4) is 0 Å². The molecule has 2 aliphatic heterocycles. The molecule has 0 atom stereocenters. The van der Waals surface area contributed by atoms with Crippen molar-refractivity contribution < 1.29 is 0 Å². The Balaban J connectivity index is 1.40. The zero-order chi connectivity index (χ0) is 48.1. The molecule has 0 saturated carbocycles. The van der Waals surface area contributed by atoms with Crippen LogP contribution < -0.4 is 26.2 Å². The minimum absolute atomic E-state index is 0.0154. The number of anilines is 6. The minimum Gasteiger partial charge on any atom is -0.311 e. The first kappa shape index (κ1) is 46.1. The second kappa shape index (κ2) is 14.7. The van der Waals surface area contributed by atoms with Crippen molar-refractivity contribution in [1.82, 2.24) is 0 Å². The number of fused-ring (bicyclic) bond motifs is 5. The Kier molecular flexibility index (Phi) is 10.3. The lowest BCUT2D eigenvalue weighted by Gasteiger charge is -2.46. The van der Waals surface area contributed by atoms with Crippen LogP contribution in [0.15, 0.2) is 109 Å². The van der Waals surface area contributed by atoms with Gasteiger partial charge in [0, 0.05) is 33.9 Å². The maximum absolute atomic E-state index is 2.71. The number of nitrogens with zero attached hydrogens (tertiary/aromatic N) is 2. The van der Waals surface area contributed by atoms with Crippen LogP contribution in [0.4, 0.5) is 34.1 Å². The molecular weight excluding hydrogens is 796 g/mol. The van der Waals surface area contributed by atoms with Crippen LogP contribution in [0, 0.1) is 6.92 Å². The highest BCUT2D eigenvalue weighted by molar-refractivity contribution is 7.00. The molecule has 6 aromatic rings. The fourth-order valence-electron chi connectivity index (χ4n) is 12.0. The van der Waals surface area contributed by atoms with Gasteiger partial charge in [0.1, 0.15) is 0 Å². The van der Waals surface area contributed by atoms with Crippen molar-refractivity contribution in [2.45, 2.75) is 176 Å². The standard InChI is InChI=1S/C63H77BN2/c1-39-32-54-56-55(33-39)66(51-30-26-43(59(8,9)10)34-48(51)63(18,19)42-22-20-40(21-23-42)57(2,3)4)53-37-47-46(61(14,15)38-62(47,16)17)36-50(53)64(56)49-35-44(60(11,12)13)27-31-52(49)65(54)45-28-24-41(25-29-45)58(5,6)7/h20-37H,38H2,1-19H3. The maximum Gasteiger partial charge on any atom is 0.252 e. The summed E-state index contributed by atoms with van der Waals surface area (Å²) in [6.07, 6.45) is 1.12. The highest BCUT2D eigenvalue weighted by Gasteiger charge is 2.49. The predicted octanol–water partition coefficient (Wildman–Crippen LogP) is 15.6. The van der Waals surface area contributed by atoms with Crippen molar-refractivity contribution in [2.24, 2.45) is 0 Å². The lowest BCUT2D eigenvalue weighted by atomic mass is 9.33. The number of rotatable bonds is 4. The summed E-state index contributed by atoms with van der Waals surface area (Å²) in [7, 11) is 0. The highest BCUT2D eigenvalue weighted by Crippen LogP contribution is 2.54. The van der Waals surface area contributed by atoms with Gasteiger partial charge in [-0.25, -0.2) is 0 Å². The summed E-state index contributed by atoms with van der Waals surface area (Å²) in [5.74, 6) is 0. The molecule has 66 heavy (non-hydrogen) atoms. The van der Waals surface area contributed by atoms with E-state index in [1.54, 1.807) is 0 Å². The van der Waals surface area contributed by atoms with Crippen molar-refractivity contribution in [3.05, 3.63) is 159 Å². The largest absolute Gasteiger partial charge is 0.311 e. The molecule has 3 heteroatoms. The van der Waals surface area contributed by atoms with Crippen LogP contribution in [0.25, 0.3) is 0 Å². The summed E-state index contributed by atoms with van der Waals surface area (Å²) >= 11 is 0. The first-order valence-corrected chi connectivity index (χ1v) is 24.8. The molecule has 0 saturated heterocycles. The maximum atomic E-state index is 2.71. The lowest BCUT2D eigenvalue weighted by molar-refractivity contribution is 0.403. The molecule has 0 bridgehead atoms. The first-order chi connectivity index (χ1) is 30.4. The molecule has 6 aromatic carbocycles. The molecule has 0 spiro atoms. The van der Waals surface area contributed by atoms with Crippen LogP contribution >= 0.6 is 0 Å². The lowest BCUT2D eigenvalue weighted by Crippen LogP contribution is -2.62. The monoisotopic (exact) mass is 873 g/mol. The number of hydrogen-bond acceptors (Lipinski definition) is 2. The minimum atomic E-state index is -0.319. The number of hydrogen-bond donors (Lipinski definition) is 0. The highest BCUT2D eigenvalue weighted by atomic mass is 15.2. The van der Waals surface area contributed by atoms with Gasteiger partial charge in [-0.2, -0.15) is 0 Å². The van der Waals surface area contributed by atoms with Gasteiger partial charge in [0.15, 0.2) is 0 Å². The van der Waals surface area contributed by atoms with E-state index in [1.807, 2.05) is 0 Å². The Bertz CT molecular complexity index is 2900. The van der Waals surface area contributed by atoms with Crippen molar-refractivity contribution >= 4 is 57.2 Å². The molecule has 9 rings (SSSR count). The fraction of sp³-hybridized carbons (Fsp3) is 0.429. The van der Waals surface area contributed by atoms with E-state index >= 15 is 0 Å². The van der Waals surface area contributed by atoms with Gasteiger partial charge < -0.3 is 9.80 Å². The summed E-state index contributed by atoms with van der Waals surface area (Å²) in [5, 5.41) is 0. The second-order valence-corrected chi connectivity index (χ2v) is 26.5. The van der Waals surface area contributed by atoms with Crippen molar-refractivity contribution in [2.75, 3.05) is 9.80 Å². The van der Waals surface area contributed by atoms with E-state index in [4.69, 9.17) is 0 Å². The Morgan fingerprint density at radius 3 is 1.36 bits per heavy atom. The third-order valence-corrected chi connectivity index (χ3v) is 15.8. The molecule has 0 aromatic heterocycles. The zero-order valence-electron chi connectivity index (χ0n) is 44.1. The predicted molar refractivity (Wildman–Crippen MR) is 289 cm³/mol. The van der Waals surface area contributed by atoms with Gasteiger partial charge >= 0.3 is 0 Å². The molecule has 0 amide bonds. The van der Waals surface area contributed by atoms with Crippen molar-refractivity contribution in [1.29, 1.82) is 0 Å². The Labute approximate surface area is 400 Å². The molecule has 0 fully saturated rings. The molecule has 3 aliphatic rings. The second-order valence-electron chi connectivity index (χ2n) is 26.5. The normalized spacial score (nSPS) is 16.5. The Morgan fingerprint density at radius 2 is 0.833 bits per heavy atom. The number of benzene rings is 6. The Morgan fingerprint density at radius 1 is 0.409 bits per heavy atom. The average molecular weight is 873 g/mol. The third kappa shape index (κ3) is 7.47. The smallest absolute Gasteiger partial charge is 0.252 e. The first-order valence-electron chi connectivity index (χ1n) is 24.8. The molecule has 2 nitrogen and oxygen atoms in total. The van der Waals surface area contributed by atoms with Gasteiger partial charge in [-0.3, -0.25) is 0 Å². The van der Waals surface area contributed by atoms with Crippen LogP contribution in [-0.4, -0.2) is 6.71 Å². The van der Waals surface area contributed by atoms with Crippen LogP contribution in [0.5, 0.6) is 0 Å². The summed E-state index contributed by atoms with van der Waals surface area (Å²) < 4.78 is 0. The van der Waals surface area contributed by atoms with E-state index in [2.05, 4.69) is 251 Å². The van der Waals surface area contributed by atoms with Gasteiger partial charge in [-0.05, 0) is 155 Å². The molecule has 0 radical (unpaired) electrons. The van der Waals surface area contributed by atoms with Crippen LogP contribution in [-0.2, 0) is 37.9 Å². The molecule has 0 unspecified atom stereocenters.